The first kappa shape index (κ1) is 22.6. The Labute approximate surface area is 171 Å². The Morgan fingerprint density at radius 1 is 1.34 bits per heavy atom. The van der Waals surface area contributed by atoms with E-state index in [0.717, 1.165) is 6.26 Å². The number of carbonyl (C=O) groups is 2. The van der Waals surface area contributed by atoms with E-state index in [1.807, 2.05) is 0 Å². The van der Waals surface area contributed by atoms with Gasteiger partial charge in [0.2, 0.25) is 0 Å². The minimum Gasteiger partial charge on any atom is -0.481 e. The Morgan fingerprint density at radius 2 is 2.00 bits per heavy atom. The lowest BCUT2D eigenvalue weighted by molar-refractivity contribution is -0.146. The molecule has 1 heterocycles. The molecule has 9 heteroatoms. The molecule has 0 saturated carbocycles. The summed E-state index contributed by atoms with van der Waals surface area (Å²) in [7, 11) is -3.80. The van der Waals surface area contributed by atoms with Crippen LogP contribution in [0.25, 0.3) is 0 Å². The van der Waals surface area contributed by atoms with Crippen LogP contribution in [0.2, 0.25) is 0 Å². The summed E-state index contributed by atoms with van der Waals surface area (Å²) in [6.45, 7) is 5.05. The zero-order valence-electron chi connectivity index (χ0n) is 16.9. The fourth-order valence-corrected chi connectivity index (χ4v) is 3.71. The van der Waals surface area contributed by atoms with Gasteiger partial charge in [-0.3, -0.25) is 9.69 Å². The number of benzene rings is 1. The fourth-order valence-electron chi connectivity index (χ4n) is 2.86. The van der Waals surface area contributed by atoms with E-state index in [9.17, 15) is 18.0 Å². The van der Waals surface area contributed by atoms with Gasteiger partial charge in [0, 0.05) is 18.4 Å². The average molecular weight is 423 g/mol. The minimum atomic E-state index is -3.80. The van der Waals surface area contributed by atoms with Crippen LogP contribution >= 0.6 is 0 Å². The topological polar surface area (TPSA) is 99.2 Å². The van der Waals surface area contributed by atoms with E-state index in [-0.39, 0.29) is 26.2 Å². The molecule has 8 nitrogen and oxygen atoms in total. The molecule has 1 aliphatic heterocycles. The minimum absolute atomic E-state index is 0.0543. The molecule has 1 saturated heterocycles. The summed E-state index contributed by atoms with van der Waals surface area (Å²) in [6, 6.07) is 6.79. The molecule has 29 heavy (non-hydrogen) atoms. The zero-order valence-corrected chi connectivity index (χ0v) is 17.7. The van der Waals surface area contributed by atoms with Gasteiger partial charge in [0.25, 0.3) is 0 Å². The highest BCUT2D eigenvalue weighted by molar-refractivity contribution is 7.92. The summed E-state index contributed by atoms with van der Waals surface area (Å²) >= 11 is 0. The number of sulfone groups is 1. The molecule has 1 amide bonds. The maximum Gasteiger partial charge on any atom is 0.414 e. The summed E-state index contributed by atoms with van der Waals surface area (Å²) in [5, 5.41) is 0. The summed E-state index contributed by atoms with van der Waals surface area (Å²) in [5.74, 6) is 5.27. The number of ether oxygens (including phenoxy) is 3. The van der Waals surface area contributed by atoms with Gasteiger partial charge in [-0.25, -0.2) is 13.2 Å². The van der Waals surface area contributed by atoms with Gasteiger partial charge in [-0.2, -0.15) is 0 Å². The molecule has 1 fully saturated rings. The van der Waals surface area contributed by atoms with E-state index in [1.54, 1.807) is 38.1 Å². The van der Waals surface area contributed by atoms with E-state index < -0.39 is 32.8 Å². The number of amides is 1. The molecule has 0 N–H and O–H groups in total. The van der Waals surface area contributed by atoms with Crippen LogP contribution in [-0.4, -0.2) is 57.3 Å². The third kappa shape index (κ3) is 5.21. The van der Waals surface area contributed by atoms with Crippen LogP contribution in [-0.2, 0) is 24.1 Å². The second kappa shape index (κ2) is 9.18. The van der Waals surface area contributed by atoms with Crippen molar-refractivity contribution in [3.05, 3.63) is 24.3 Å². The van der Waals surface area contributed by atoms with Gasteiger partial charge < -0.3 is 14.2 Å². The maximum absolute atomic E-state index is 12.3. The molecule has 1 aromatic rings. The number of carbonyl (C=O) groups excluding carboxylic acids is 2. The molecule has 1 unspecified atom stereocenters. The highest BCUT2D eigenvalue weighted by Gasteiger charge is 2.49. The first-order valence-corrected chi connectivity index (χ1v) is 11.0. The number of cyclic esters (lactones) is 1. The van der Waals surface area contributed by atoms with Crippen LogP contribution in [0.4, 0.5) is 10.5 Å². The predicted molar refractivity (Wildman–Crippen MR) is 108 cm³/mol. The van der Waals surface area contributed by atoms with Crippen LogP contribution in [0.15, 0.2) is 24.3 Å². The van der Waals surface area contributed by atoms with Gasteiger partial charge in [0.05, 0.1) is 13.2 Å². The molecule has 0 aliphatic carbocycles. The van der Waals surface area contributed by atoms with E-state index in [0.29, 0.717) is 11.4 Å². The lowest BCUT2D eigenvalue weighted by Crippen LogP contribution is -2.47. The Kier molecular flexibility index (Phi) is 7.14. The summed E-state index contributed by atoms with van der Waals surface area (Å²) in [4.78, 5) is 26.0. The number of nitrogens with zero attached hydrogens (tertiary/aromatic N) is 1. The van der Waals surface area contributed by atoms with Gasteiger partial charge in [-0.05, 0) is 45.0 Å². The Morgan fingerprint density at radius 3 is 2.55 bits per heavy atom. The second-order valence-corrected chi connectivity index (χ2v) is 9.20. The number of hydrogen-bond acceptors (Lipinski definition) is 7. The van der Waals surface area contributed by atoms with Crippen molar-refractivity contribution in [1.29, 1.82) is 0 Å². The Bertz CT molecular complexity index is 914. The highest BCUT2D eigenvalue weighted by atomic mass is 32.2. The van der Waals surface area contributed by atoms with Gasteiger partial charge >= 0.3 is 12.1 Å². The van der Waals surface area contributed by atoms with Crippen LogP contribution in [0, 0.1) is 11.8 Å². The Hall–Kier alpha value is -2.73. The van der Waals surface area contributed by atoms with Crippen LogP contribution in [0.1, 0.15) is 27.2 Å². The summed E-state index contributed by atoms with van der Waals surface area (Å²) in [5.41, 5.74) is 0.573. The molecule has 2 rings (SSSR count). The standard InChI is InChI=1S/C20H25NO7S/c1-5-7-12-27-16-10-8-15(9-11-16)21-14-17(28-19(21)23)13-20(3,29(4,24)25)18(22)26-6-2/h8-11,17H,6,12-14H2,1-4H3/t17-,20?/m0/s1. The van der Waals surface area contributed by atoms with Crippen LogP contribution in [0.3, 0.4) is 0 Å². The maximum atomic E-state index is 12.3. The molecule has 0 spiro atoms. The molecule has 1 aliphatic rings. The molecular weight excluding hydrogens is 398 g/mol. The predicted octanol–water partition coefficient (Wildman–Crippen LogP) is 2.17. The third-order valence-corrected chi connectivity index (χ3v) is 6.62. The quantitative estimate of drug-likeness (QED) is 0.467. The van der Waals surface area contributed by atoms with E-state index in [4.69, 9.17) is 14.2 Å². The van der Waals surface area contributed by atoms with Crippen LogP contribution < -0.4 is 9.64 Å². The second-order valence-electron chi connectivity index (χ2n) is 6.75. The third-order valence-electron chi connectivity index (χ3n) is 4.65. The number of rotatable bonds is 8. The lowest BCUT2D eigenvalue weighted by atomic mass is 10.0. The lowest BCUT2D eigenvalue weighted by Gasteiger charge is -2.27. The van der Waals surface area contributed by atoms with Crippen molar-refractivity contribution in [2.45, 2.75) is 38.0 Å². The number of anilines is 1. The first-order chi connectivity index (χ1) is 13.6. The molecule has 1 aromatic carbocycles. The van der Waals surface area contributed by atoms with Gasteiger partial charge in [0.1, 0.15) is 18.5 Å². The van der Waals surface area contributed by atoms with Crippen molar-refractivity contribution in [3.63, 3.8) is 0 Å². The smallest absolute Gasteiger partial charge is 0.414 e. The fraction of sp³-hybridized carbons (Fsp3) is 0.500. The van der Waals surface area contributed by atoms with Crippen molar-refractivity contribution in [2.24, 2.45) is 0 Å². The van der Waals surface area contributed by atoms with Gasteiger partial charge in [-0.1, -0.05) is 5.92 Å². The Balaban J connectivity index is 2.12. The molecule has 158 valence electrons. The first-order valence-electron chi connectivity index (χ1n) is 9.09. The van der Waals surface area contributed by atoms with Crippen molar-refractivity contribution in [2.75, 3.05) is 30.9 Å². The average Bonchev–Trinajstić information content (AvgIpc) is 3.01. The van der Waals surface area contributed by atoms with E-state index in [2.05, 4.69) is 11.8 Å². The monoisotopic (exact) mass is 423 g/mol. The summed E-state index contributed by atoms with van der Waals surface area (Å²) in [6.07, 6.45) is -0.605. The van der Waals surface area contributed by atoms with E-state index in [1.165, 1.54) is 11.8 Å². The van der Waals surface area contributed by atoms with E-state index >= 15 is 0 Å². The number of hydrogen-bond donors (Lipinski definition) is 0. The van der Waals surface area contributed by atoms with Gasteiger partial charge in [-0.15, -0.1) is 5.92 Å². The van der Waals surface area contributed by atoms with Crippen LogP contribution in [0.5, 0.6) is 5.75 Å². The molecular formula is C20H25NO7S. The highest BCUT2D eigenvalue weighted by Crippen LogP contribution is 2.31. The molecule has 0 aromatic heterocycles. The zero-order chi connectivity index (χ0) is 21.7. The van der Waals surface area contributed by atoms with Gasteiger partial charge in [0.15, 0.2) is 14.6 Å². The van der Waals surface area contributed by atoms with Crippen molar-refractivity contribution < 1.29 is 32.2 Å². The number of esters is 1. The molecule has 0 bridgehead atoms. The largest absolute Gasteiger partial charge is 0.481 e. The van der Waals surface area contributed by atoms with Crippen molar-refractivity contribution in [3.8, 4) is 17.6 Å². The summed E-state index contributed by atoms with van der Waals surface area (Å²) < 4.78 is 38.4. The SMILES string of the molecule is CC#CCOc1ccc(N2C[C@H](CC(C)(C(=O)OCC)S(C)(=O)=O)OC2=O)cc1. The van der Waals surface area contributed by atoms with Crippen molar-refractivity contribution in [1.82, 2.24) is 0 Å². The molecule has 2 atom stereocenters. The normalized spacial score (nSPS) is 18.3. The molecule has 0 radical (unpaired) electrons. The van der Waals surface area contributed by atoms with Crippen molar-refractivity contribution >= 4 is 27.6 Å².